The van der Waals surface area contributed by atoms with Crippen LogP contribution < -0.4 is 0 Å². The molecule has 1 aromatic heterocycles. The second-order valence-electron chi connectivity index (χ2n) is 2.10. The number of hydrogen-bond acceptors (Lipinski definition) is 3. The number of aliphatic hydroxyl groups is 1. The third-order valence-corrected chi connectivity index (χ3v) is 1.76. The van der Waals surface area contributed by atoms with Crippen molar-refractivity contribution >= 4 is 17.6 Å². The van der Waals surface area contributed by atoms with Crippen molar-refractivity contribution in [2.75, 3.05) is 0 Å². The van der Waals surface area contributed by atoms with Crippen molar-refractivity contribution in [2.24, 2.45) is 0 Å². The van der Waals surface area contributed by atoms with Gasteiger partial charge in [0.25, 0.3) is 0 Å². The van der Waals surface area contributed by atoms with Gasteiger partial charge in [0.2, 0.25) is 0 Å². The number of carboxylic acids is 1. The third kappa shape index (κ3) is 1.54. The largest absolute Gasteiger partial charge is 0.476 e. The van der Waals surface area contributed by atoms with Crippen molar-refractivity contribution in [3.8, 4) is 0 Å². The molecule has 0 amide bonds. The molecule has 4 nitrogen and oxygen atoms in total. The number of aliphatic hydroxyl groups excluding tert-OH is 1. The van der Waals surface area contributed by atoms with E-state index >= 15 is 0 Å². The first-order valence-corrected chi connectivity index (χ1v) is 3.52. The predicted octanol–water partition coefficient (Wildman–Crippen LogP) is 0.925. The van der Waals surface area contributed by atoms with Crippen LogP contribution in [0.25, 0.3) is 0 Å². The number of pyridine rings is 1. The van der Waals surface area contributed by atoms with E-state index in [-0.39, 0.29) is 17.3 Å². The molecule has 0 saturated carbocycles. The highest BCUT2D eigenvalue weighted by molar-refractivity contribution is 6.33. The van der Waals surface area contributed by atoms with Crippen molar-refractivity contribution in [1.29, 1.82) is 0 Å². The lowest BCUT2D eigenvalue weighted by atomic mass is 10.2. The maximum atomic E-state index is 10.5. The molecule has 0 aromatic carbocycles. The molecule has 0 aliphatic rings. The average molecular weight is 188 g/mol. The summed E-state index contributed by atoms with van der Waals surface area (Å²) in [6.45, 7) is -0.290. The zero-order valence-corrected chi connectivity index (χ0v) is 6.75. The second kappa shape index (κ2) is 3.51. The molecular formula is C7H6ClNO3. The first kappa shape index (κ1) is 8.96. The smallest absolute Gasteiger partial charge is 0.356 e. The van der Waals surface area contributed by atoms with Crippen molar-refractivity contribution in [3.05, 3.63) is 28.5 Å². The number of aromatic nitrogens is 1. The Labute approximate surface area is 73.4 Å². The Bertz CT molecular complexity index is 314. The van der Waals surface area contributed by atoms with Crippen LogP contribution in [-0.2, 0) is 6.61 Å². The molecule has 2 N–H and O–H groups in total. The van der Waals surface area contributed by atoms with E-state index in [1.54, 1.807) is 0 Å². The van der Waals surface area contributed by atoms with Crippen LogP contribution in [0.15, 0.2) is 12.3 Å². The van der Waals surface area contributed by atoms with Crippen LogP contribution in [0.5, 0.6) is 0 Å². The lowest BCUT2D eigenvalue weighted by Gasteiger charge is -2.01. The summed E-state index contributed by atoms with van der Waals surface area (Å²) in [6, 6.07) is 1.47. The van der Waals surface area contributed by atoms with Crippen LogP contribution in [0, 0.1) is 0 Å². The van der Waals surface area contributed by atoms with E-state index in [4.69, 9.17) is 21.8 Å². The van der Waals surface area contributed by atoms with E-state index in [2.05, 4.69) is 4.98 Å². The summed E-state index contributed by atoms with van der Waals surface area (Å²) in [7, 11) is 0. The first-order valence-electron chi connectivity index (χ1n) is 3.14. The van der Waals surface area contributed by atoms with E-state index in [0.29, 0.717) is 5.56 Å². The van der Waals surface area contributed by atoms with Crippen LogP contribution in [0.1, 0.15) is 16.1 Å². The molecule has 0 unspecified atom stereocenters. The van der Waals surface area contributed by atoms with Gasteiger partial charge >= 0.3 is 5.97 Å². The summed E-state index contributed by atoms with van der Waals surface area (Å²) in [5, 5.41) is 17.3. The summed E-state index contributed by atoms with van der Waals surface area (Å²) in [5.41, 5.74) is 0.132. The molecule has 0 bridgehead atoms. The Morgan fingerprint density at radius 1 is 1.67 bits per heavy atom. The zero-order valence-electron chi connectivity index (χ0n) is 5.99. The SMILES string of the molecule is O=C(O)c1nccc(CO)c1Cl. The Balaban J connectivity index is 3.23. The monoisotopic (exact) mass is 187 g/mol. The molecule has 64 valence electrons. The molecule has 0 aliphatic heterocycles. The molecule has 0 saturated heterocycles. The molecule has 1 rings (SSSR count). The van der Waals surface area contributed by atoms with E-state index in [1.165, 1.54) is 12.3 Å². The van der Waals surface area contributed by atoms with Gasteiger partial charge in [-0.15, -0.1) is 0 Å². The van der Waals surface area contributed by atoms with Gasteiger partial charge in [0.05, 0.1) is 11.6 Å². The highest BCUT2D eigenvalue weighted by atomic mass is 35.5. The van der Waals surface area contributed by atoms with Gasteiger partial charge in [-0.3, -0.25) is 0 Å². The van der Waals surface area contributed by atoms with Gasteiger partial charge < -0.3 is 10.2 Å². The number of carbonyl (C=O) groups is 1. The Morgan fingerprint density at radius 3 is 2.83 bits per heavy atom. The van der Waals surface area contributed by atoms with Gasteiger partial charge in [-0.2, -0.15) is 0 Å². The van der Waals surface area contributed by atoms with Crippen molar-refractivity contribution in [2.45, 2.75) is 6.61 Å². The van der Waals surface area contributed by atoms with Gasteiger partial charge in [-0.25, -0.2) is 9.78 Å². The summed E-state index contributed by atoms with van der Waals surface area (Å²) >= 11 is 5.60. The van der Waals surface area contributed by atoms with Crippen molar-refractivity contribution in [3.63, 3.8) is 0 Å². The van der Waals surface area contributed by atoms with Gasteiger partial charge in [-0.1, -0.05) is 11.6 Å². The minimum absolute atomic E-state index is 0.00694. The maximum Gasteiger partial charge on any atom is 0.356 e. The minimum Gasteiger partial charge on any atom is -0.476 e. The standard InChI is InChI=1S/C7H6ClNO3/c8-5-4(3-10)1-2-9-6(5)7(11)12/h1-2,10H,3H2,(H,11,12). The first-order chi connectivity index (χ1) is 5.66. The molecule has 5 heteroatoms. The van der Waals surface area contributed by atoms with Crippen LogP contribution in [0.3, 0.4) is 0 Å². The normalized spacial score (nSPS) is 9.83. The molecule has 1 aromatic rings. The molecule has 0 fully saturated rings. The number of hydrogen-bond donors (Lipinski definition) is 2. The molecular weight excluding hydrogens is 182 g/mol. The Kier molecular flexibility index (Phi) is 2.62. The van der Waals surface area contributed by atoms with Gasteiger partial charge in [-0.05, 0) is 6.07 Å². The summed E-state index contributed by atoms with van der Waals surface area (Å²) in [4.78, 5) is 14.0. The fraction of sp³-hybridized carbons (Fsp3) is 0.143. The average Bonchev–Trinajstić information content (AvgIpc) is 2.04. The quantitative estimate of drug-likeness (QED) is 0.723. The molecule has 12 heavy (non-hydrogen) atoms. The lowest BCUT2D eigenvalue weighted by molar-refractivity contribution is 0.0690. The Hall–Kier alpha value is -1.13. The van der Waals surface area contributed by atoms with Crippen LogP contribution >= 0.6 is 11.6 Å². The fourth-order valence-electron chi connectivity index (χ4n) is 0.755. The third-order valence-electron chi connectivity index (χ3n) is 1.34. The number of rotatable bonds is 2. The van der Waals surface area contributed by atoms with Crippen molar-refractivity contribution < 1.29 is 15.0 Å². The van der Waals surface area contributed by atoms with Crippen LogP contribution in [0.2, 0.25) is 5.02 Å². The molecule has 0 radical (unpaired) electrons. The molecule has 0 aliphatic carbocycles. The second-order valence-corrected chi connectivity index (χ2v) is 2.47. The maximum absolute atomic E-state index is 10.5. The Morgan fingerprint density at radius 2 is 2.33 bits per heavy atom. The summed E-state index contributed by atoms with van der Waals surface area (Å²) in [6.07, 6.45) is 1.29. The summed E-state index contributed by atoms with van der Waals surface area (Å²) in [5.74, 6) is -1.20. The molecule has 0 atom stereocenters. The van der Waals surface area contributed by atoms with E-state index in [9.17, 15) is 4.79 Å². The zero-order chi connectivity index (χ0) is 9.14. The number of aromatic carboxylic acids is 1. The summed E-state index contributed by atoms with van der Waals surface area (Å²) < 4.78 is 0. The highest BCUT2D eigenvalue weighted by Gasteiger charge is 2.12. The number of carboxylic acid groups (broad SMARTS) is 1. The van der Waals surface area contributed by atoms with Gasteiger partial charge in [0, 0.05) is 11.8 Å². The molecule has 0 spiro atoms. The minimum atomic E-state index is -1.20. The predicted molar refractivity (Wildman–Crippen MR) is 42.1 cm³/mol. The van der Waals surface area contributed by atoms with Gasteiger partial charge in [0.1, 0.15) is 0 Å². The van der Waals surface area contributed by atoms with E-state index in [1.807, 2.05) is 0 Å². The van der Waals surface area contributed by atoms with E-state index in [0.717, 1.165) is 0 Å². The van der Waals surface area contributed by atoms with Gasteiger partial charge in [0.15, 0.2) is 5.69 Å². The van der Waals surface area contributed by atoms with Crippen molar-refractivity contribution in [1.82, 2.24) is 4.98 Å². The lowest BCUT2D eigenvalue weighted by Crippen LogP contribution is -2.03. The van der Waals surface area contributed by atoms with Crippen LogP contribution in [0.4, 0.5) is 0 Å². The number of nitrogens with zero attached hydrogens (tertiary/aromatic N) is 1. The highest BCUT2D eigenvalue weighted by Crippen LogP contribution is 2.18. The fourth-order valence-corrected chi connectivity index (χ4v) is 1.01. The molecule has 1 heterocycles. The topological polar surface area (TPSA) is 70.4 Å². The van der Waals surface area contributed by atoms with Crippen LogP contribution in [-0.4, -0.2) is 21.2 Å². The number of halogens is 1. The van der Waals surface area contributed by atoms with E-state index < -0.39 is 5.97 Å².